The molecular formula is C12H15N5OS. The second-order valence-electron chi connectivity index (χ2n) is 3.91. The second kappa shape index (κ2) is 5.66. The van der Waals surface area contributed by atoms with Crippen molar-refractivity contribution < 1.29 is 4.79 Å². The van der Waals surface area contributed by atoms with E-state index in [1.807, 2.05) is 19.9 Å². The van der Waals surface area contributed by atoms with Gasteiger partial charge >= 0.3 is 0 Å². The van der Waals surface area contributed by atoms with Crippen molar-refractivity contribution in [1.82, 2.24) is 9.97 Å². The number of nitrogens with two attached hydrogens (primary N) is 1. The lowest BCUT2D eigenvalue weighted by atomic mass is 10.2. The van der Waals surface area contributed by atoms with Crippen LogP contribution in [0.4, 0.5) is 16.6 Å². The number of anilines is 3. The summed E-state index contributed by atoms with van der Waals surface area (Å²) in [5.41, 5.74) is 7.36. The number of amides is 1. The van der Waals surface area contributed by atoms with Crippen LogP contribution >= 0.6 is 11.3 Å². The van der Waals surface area contributed by atoms with Gasteiger partial charge in [0.2, 0.25) is 0 Å². The molecule has 0 unspecified atom stereocenters. The minimum atomic E-state index is -0.268. The van der Waals surface area contributed by atoms with E-state index in [9.17, 15) is 4.79 Å². The molecule has 0 aromatic carbocycles. The second-order valence-corrected chi connectivity index (χ2v) is 4.91. The lowest BCUT2D eigenvalue weighted by Gasteiger charge is -2.05. The smallest absolute Gasteiger partial charge is 0.269 e. The van der Waals surface area contributed by atoms with E-state index >= 15 is 0 Å². The highest BCUT2D eigenvalue weighted by molar-refractivity contribution is 7.18. The molecule has 2 rings (SSSR count). The molecule has 0 saturated carbocycles. The first kappa shape index (κ1) is 13.3. The molecule has 0 bridgehead atoms. The van der Waals surface area contributed by atoms with Gasteiger partial charge in [-0.25, -0.2) is 4.98 Å². The lowest BCUT2D eigenvalue weighted by molar-refractivity contribution is 0.103. The molecule has 0 spiro atoms. The van der Waals surface area contributed by atoms with Gasteiger partial charge in [0.25, 0.3) is 5.91 Å². The molecule has 0 fully saturated rings. The number of thiazole rings is 1. The molecule has 4 N–H and O–H groups in total. The minimum Gasteiger partial charge on any atom is -0.382 e. The number of rotatable bonds is 4. The van der Waals surface area contributed by atoms with Gasteiger partial charge in [0, 0.05) is 12.7 Å². The topological polar surface area (TPSA) is 92.9 Å². The van der Waals surface area contributed by atoms with Crippen LogP contribution in [0.3, 0.4) is 0 Å². The number of hydrogen-bond acceptors (Lipinski definition) is 6. The van der Waals surface area contributed by atoms with Crippen LogP contribution in [0.25, 0.3) is 0 Å². The number of carbonyl (C=O) groups is 1. The highest BCUT2D eigenvalue weighted by Crippen LogP contribution is 2.26. The third kappa shape index (κ3) is 3.00. The highest BCUT2D eigenvalue weighted by atomic mass is 32.1. The third-order valence-electron chi connectivity index (χ3n) is 2.47. The summed E-state index contributed by atoms with van der Waals surface area (Å²) in [4.78, 5) is 20.6. The molecular weight excluding hydrogens is 262 g/mol. The van der Waals surface area contributed by atoms with Crippen LogP contribution in [0, 0.1) is 6.92 Å². The molecule has 0 radical (unpaired) electrons. The SMILES string of the molecule is CCNc1nc(N)c(C(=O)Nc2cnccc2C)s1. The van der Waals surface area contributed by atoms with E-state index < -0.39 is 0 Å². The van der Waals surface area contributed by atoms with Crippen molar-refractivity contribution in [3.63, 3.8) is 0 Å². The average molecular weight is 277 g/mol. The summed E-state index contributed by atoms with van der Waals surface area (Å²) in [6.07, 6.45) is 3.28. The van der Waals surface area contributed by atoms with Crippen molar-refractivity contribution in [2.75, 3.05) is 22.9 Å². The number of hydrogen-bond donors (Lipinski definition) is 3. The van der Waals surface area contributed by atoms with Crippen molar-refractivity contribution in [2.24, 2.45) is 0 Å². The Morgan fingerprint density at radius 2 is 2.32 bits per heavy atom. The Bertz CT molecular complexity index is 596. The van der Waals surface area contributed by atoms with Crippen molar-refractivity contribution in [2.45, 2.75) is 13.8 Å². The maximum atomic E-state index is 12.1. The van der Waals surface area contributed by atoms with E-state index in [0.29, 0.717) is 15.7 Å². The fourth-order valence-corrected chi connectivity index (χ4v) is 2.34. The van der Waals surface area contributed by atoms with E-state index in [1.54, 1.807) is 12.4 Å². The first-order chi connectivity index (χ1) is 9.11. The average Bonchev–Trinajstić information content (AvgIpc) is 2.74. The Morgan fingerprint density at radius 3 is 3.00 bits per heavy atom. The zero-order valence-electron chi connectivity index (χ0n) is 10.7. The molecule has 100 valence electrons. The summed E-state index contributed by atoms with van der Waals surface area (Å²) >= 11 is 1.24. The molecule has 0 saturated heterocycles. The minimum absolute atomic E-state index is 0.236. The van der Waals surface area contributed by atoms with Gasteiger partial charge in [-0.1, -0.05) is 11.3 Å². The Balaban J connectivity index is 2.18. The molecule has 2 aromatic heterocycles. The summed E-state index contributed by atoms with van der Waals surface area (Å²) < 4.78 is 0. The fraction of sp³-hybridized carbons (Fsp3) is 0.250. The number of nitrogen functional groups attached to an aromatic ring is 1. The predicted octanol–water partition coefficient (Wildman–Crippen LogP) is 2.11. The fourth-order valence-electron chi connectivity index (χ4n) is 1.50. The van der Waals surface area contributed by atoms with E-state index in [2.05, 4.69) is 20.6 Å². The highest BCUT2D eigenvalue weighted by Gasteiger charge is 2.16. The Morgan fingerprint density at radius 1 is 1.53 bits per heavy atom. The van der Waals surface area contributed by atoms with Crippen LogP contribution in [0.5, 0.6) is 0 Å². The van der Waals surface area contributed by atoms with Crippen LogP contribution in [-0.4, -0.2) is 22.4 Å². The van der Waals surface area contributed by atoms with Gasteiger partial charge in [-0.3, -0.25) is 9.78 Å². The van der Waals surface area contributed by atoms with Crippen molar-refractivity contribution in [1.29, 1.82) is 0 Å². The van der Waals surface area contributed by atoms with E-state index in [0.717, 1.165) is 12.1 Å². The van der Waals surface area contributed by atoms with E-state index in [4.69, 9.17) is 5.73 Å². The maximum Gasteiger partial charge on any atom is 0.269 e. The van der Waals surface area contributed by atoms with Crippen molar-refractivity contribution >= 4 is 33.9 Å². The van der Waals surface area contributed by atoms with Gasteiger partial charge in [-0.05, 0) is 25.5 Å². The molecule has 1 amide bonds. The molecule has 7 heteroatoms. The largest absolute Gasteiger partial charge is 0.382 e. The van der Waals surface area contributed by atoms with Gasteiger partial charge in [0.15, 0.2) is 5.13 Å². The Kier molecular flexibility index (Phi) is 3.96. The standard InChI is InChI=1S/C12H15N5OS/c1-3-15-12-17-10(13)9(19-12)11(18)16-8-6-14-5-4-7(8)2/h4-6H,3,13H2,1-2H3,(H,15,17)(H,16,18). The Labute approximate surface area is 115 Å². The summed E-state index contributed by atoms with van der Waals surface area (Å²) in [7, 11) is 0. The molecule has 0 aliphatic rings. The van der Waals surface area contributed by atoms with Gasteiger partial charge in [-0.15, -0.1) is 0 Å². The summed E-state index contributed by atoms with van der Waals surface area (Å²) in [5.74, 6) is -0.0322. The normalized spacial score (nSPS) is 10.2. The monoisotopic (exact) mass is 277 g/mol. The molecule has 2 aromatic rings. The first-order valence-corrected chi connectivity index (χ1v) is 6.65. The molecule has 0 aliphatic carbocycles. The molecule has 19 heavy (non-hydrogen) atoms. The van der Waals surface area contributed by atoms with Crippen LogP contribution in [0.2, 0.25) is 0 Å². The summed E-state index contributed by atoms with van der Waals surface area (Å²) in [6.45, 7) is 4.59. The molecule has 0 atom stereocenters. The molecule has 0 aliphatic heterocycles. The van der Waals surface area contributed by atoms with Gasteiger partial charge in [0.05, 0.1) is 11.9 Å². The summed E-state index contributed by atoms with van der Waals surface area (Å²) in [6, 6.07) is 1.83. The van der Waals surface area contributed by atoms with E-state index in [-0.39, 0.29) is 11.7 Å². The number of nitrogens with zero attached hydrogens (tertiary/aromatic N) is 2. The number of carbonyl (C=O) groups excluding carboxylic acids is 1. The molecule has 2 heterocycles. The summed E-state index contributed by atoms with van der Waals surface area (Å²) in [5, 5.41) is 6.46. The van der Waals surface area contributed by atoms with Gasteiger partial charge < -0.3 is 16.4 Å². The van der Waals surface area contributed by atoms with Crippen LogP contribution < -0.4 is 16.4 Å². The third-order valence-corrected chi connectivity index (χ3v) is 3.50. The predicted molar refractivity (Wildman–Crippen MR) is 77.6 cm³/mol. The number of nitrogens with one attached hydrogen (secondary N) is 2. The van der Waals surface area contributed by atoms with Gasteiger partial charge in [-0.2, -0.15) is 0 Å². The van der Waals surface area contributed by atoms with Crippen molar-refractivity contribution in [3.05, 3.63) is 28.9 Å². The molecule has 6 nitrogen and oxygen atoms in total. The quantitative estimate of drug-likeness (QED) is 0.796. The van der Waals surface area contributed by atoms with Crippen molar-refractivity contribution in [3.8, 4) is 0 Å². The zero-order valence-corrected chi connectivity index (χ0v) is 11.5. The van der Waals surface area contributed by atoms with Crippen LogP contribution in [0.1, 0.15) is 22.2 Å². The maximum absolute atomic E-state index is 12.1. The number of aromatic nitrogens is 2. The lowest BCUT2D eigenvalue weighted by Crippen LogP contribution is -2.13. The van der Waals surface area contributed by atoms with E-state index in [1.165, 1.54) is 11.3 Å². The zero-order chi connectivity index (χ0) is 13.8. The van der Waals surface area contributed by atoms with Gasteiger partial charge in [0.1, 0.15) is 10.7 Å². The van der Waals surface area contributed by atoms with Crippen LogP contribution in [-0.2, 0) is 0 Å². The van der Waals surface area contributed by atoms with Crippen LogP contribution in [0.15, 0.2) is 18.5 Å². The Hall–Kier alpha value is -2.15. The number of aryl methyl sites for hydroxylation is 1. The number of pyridine rings is 1. The first-order valence-electron chi connectivity index (χ1n) is 5.84.